The second kappa shape index (κ2) is 9.13. The number of hydrogen-bond donors (Lipinski definition) is 4. The number of carbonyl (C=O) groups excluding carboxylic acids is 2. The number of ether oxygens (including phenoxy) is 2. The number of nitrogens with one attached hydrogen (secondary N) is 1. The van der Waals surface area contributed by atoms with E-state index in [0.29, 0.717) is 6.54 Å². The summed E-state index contributed by atoms with van der Waals surface area (Å²) < 4.78 is 11.5. The molecule has 2 amide bonds. The highest BCUT2D eigenvalue weighted by atomic mass is 16.6. The number of aliphatic hydroxyl groups excluding tert-OH is 2. The lowest BCUT2D eigenvalue weighted by Gasteiger charge is -2.16. The normalized spacial score (nSPS) is 22.6. The van der Waals surface area contributed by atoms with Crippen LogP contribution in [0.4, 0.5) is 10.6 Å². The molecule has 1 aliphatic heterocycles. The van der Waals surface area contributed by atoms with Gasteiger partial charge >= 0.3 is 6.09 Å². The van der Waals surface area contributed by atoms with Gasteiger partial charge in [-0.3, -0.25) is 9.36 Å². The SMILES string of the molecule is CCNC(=O)[C@H]1O[C@@H](n2cnc3c(N)nc(C#CCN(C)C(=O)OC)nc32)C(O)C1O. The zero-order valence-electron chi connectivity index (χ0n) is 17.1. The molecule has 1 fully saturated rings. The first-order valence-corrected chi connectivity index (χ1v) is 9.35. The number of carbonyl (C=O) groups is 2. The molecule has 0 bridgehead atoms. The van der Waals surface area contributed by atoms with Crippen LogP contribution in [0.2, 0.25) is 0 Å². The number of aliphatic hydroxyl groups is 2. The van der Waals surface area contributed by atoms with Gasteiger partial charge in [-0.1, -0.05) is 5.92 Å². The fourth-order valence-corrected chi connectivity index (χ4v) is 3.02. The largest absolute Gasteiger partial charge is 0.453 e. The van der Waals surface area contributed by atoms with Crippen molar-refractivity contribution >= 4 is 29.0 Å². The zero-order valence-corrected chi connectivity index (χ0v) is 17.1. The summed E-state index contributed by atoms with van der Waals surface area (Å²) in [6.45, 7) is 2.14. The molecule has 2 aromatic rings. The maximum Gasteiger partial charge on any atom is 0.410 e. The number of anilines is 1. The monoisotopic (exact) mass is 433 g/mol. The molecule has 5 N–H and O–H groups in total. The molecule has 0 spiro atoms. The number of methoxy groups -OCH3 is 1. The van der Waals surface area contributed by atoms with Gasteiger partial charge < -0.3 is 35.6 Å². The van der Waals surface area contributed by atoms with Crippen LogP contribution in [0, 0.1) is 11.8 Å². The Hall–Kier alpha value is -3.47. The van der Waals surface area contributed by atoms with Crippen LogP contribution in [0.1, 0.15) is 19.0 Å². The lowest BCUT2D eigenvalue weighted by atomic mass is 10.1. The Bertz CT molecular complexity index is 1050. The van der Waals surface area contributed by atoms with Crippen LogP contribution >= 0.6 is 0 Å². The number of hydrogen-bond acceptors (Lipinski definition) is 10. The first kappa shape index (κ1) is 22.2. The summed E-state index contributed by atoms with van der Waals surface area (Å²) in [7, 11) is 2.78. The van der Waals surface area contributed by atoms with E-state index in [1.165, 1.54) is 30.0 Å². The zero-order chi connectivity index (χ0) is 22.7. The number of aromatic nitrogens is 4. The highest BCUT2D eigenvalue weighted by Crippen LogP contribution is 2.32. The molecular weight excluding hydrogens is 410 g/mol. The number of imidazole rings is 1. The van der Waals surface area contributed by atoms with Gasteiger partial charge in [0.15, 0.2) is 23.8 Å². The van der Waals surface area contributed by atoms with Crippen LogP contribution < -0.4 is 11.1 Å². The Morgan fingerprint density at radius 1 is 1.39 bits per heavy atom. The van der Waals surface area contributed by atoms with Gasteiger partial charge in [0.1, 0.15) is 17.7 Å². The van der Waals surface area contributed by atoms with Crippen molar-refractivity contribution in [3.8, 4) is 11.8 Å². The third kappa shape index (κ3) is 4.36. The van der Waals surface area contributed by atoms with E-state index < -0.39 is 36.5 Å². The molecule has 0 aliphatic carbocycles. The standard InChI is InChI=1S/C18H23N7O6/c1-4-20-16(28)13-11(26)12(27)17(31-13)25-8-21-10-14(19)22-9(23-15(10)25)6-5-7-24(2)18(29)30-3/h8,11-13,17,26-27H,4,7H2,1-3H3,(H,20,28)(H2,19,22,23)/t11?,12?,13-,17+/m0/s1. The molecule has 4 atom stereocenters. The molecule has 166 valence electrons. The Morgan fingerprint density at radius 2 is 2.13 bits per heavy atom. The average molecular weight is 433 g/mol. The van der Waals surface area contributed by atoms with Crippen LogP contribution in [0.15, 0.2) is 6.33 Å². The van der Waals surface area contributed by atoms with Gasteiger partial charge in [0.25, 0.3) is 5.91 Å². The molecule has 3 rings (SSSR count). The third-order valence-electron chi connectivity index (χ3n) is 4.57. The van der Waals surface area contributed by atoms with Crippen molar-refractivity contribution in [2.24, 2.45) is 0 Å². The second-order valence-corrected chi connectivity index (χ2v) is 6.71. The number of rotatable bonds is 4. The smallest absolute Gasteiger partial charge is 0.410 e. The lowest BCUT2D eigenvalue weighted by Crippen LogP contribution is -2.42. The number of likely N-dealkylation sites (N-methyl/N-ethyl adjacent to an activating group) is 1. The summed E-state index contributed by atoms with van der Waals surface area (Å²) in [6, 6.07) is 0. The van der Waals surface area contributed by atoms with Crippen molar-refractivity contribution in [3.63, 3.8) is 0 Å². The minimum Gasteiger partial charge on any atom is -0.453 e. The molecule has 2 unspecified atom stereocenters. The van der Waals surface area contributed by atoms with E-state index in [0.717, 1.165) is 0 Å². The van der Waals surface area contributed by atoms with Crippen molar-refractivity contribution in [2.75, 3.05) is 33.0 Å². The molecule has 0 radical (unpaired) electrons. The van der Waals surface area contributed by atoms with Crippen molar-refractivity contribution in [1.29, 1.82) is 0 Å². The van der Waals surface area contributed by atoms with Crippen molar-refractivity contribution in [1.82, 2.24) is 29.7 Å². The predicted molar refractivity (Wildman–Crippen MR) is 106 cm³/mol. The second-order valence-electron chi connectivity index (χ2n) is 6.71. The number of nitrogen functional groups attached to an aromatic ring is 1. The summed E-state index contributed by atoms with van der Waals surface area (Å²) in [5, 5.41) is 23.2. The van der Waals surface area contributed by atoms with Gasteiger partial charge in [-0.05, 0) is 12.8 Å². The molecule has 1 aliphatic rings. The van der Waals surface area contributed by atoms with Gasteiger partial charge in [0.2, 0.25) is 5.82 Å². The van der Waals surface area contributed by atoms with Crippen molar-refractivity contribution < 1.29 is 29.3 Å². The summed E-state index contributed by atoms with van der Waals surface area (Å²) in [5.74, 6) is 4.99. The highest BCUT2D eigenvalue weighted by molar-refractivity contribution is 5.83. The minimum absolute atomic E-state index is 0.0442. The molecule has 13 nitrogen and oxygen atoms in total. The Morgan fingerprint density at radius 3 is 2.81 bits per heavy atom. The van der Waals surface area contributed by atoms with Gasteiger partial charge in [-0.25, -0.2) is 19.7 Å². The highest BCUT2D eigenvalue weighted by Gasteiger charge is 2.47. The molecule has 13 heteroatoms. The van der Waals surface area contributed by atoms with Crippen LogP contribution in [0.3, 0.4) is 0 Å². The number of amides is 2. The van der Waals surface area contributed by atoms with Crippen molar-refractivity contribution in [3.05, 3.63) is 12.2 Å². The van der Waals surface area contributed by atoms with E-state index >= 15 is 0 Å². The number of nitrogens with two attached hydrogens (primary N) is 1. The maximum atomic E-state index is 12.1. The van der Waals surface area contributed by atoms with Crippen molar-refractivity contribution in [2.45, 2.75) is 31.5 Å². The lowest BCUT2D eigenvalue weighted by molar-refractivity contribution is -0.137. The van der Waals surface area contributed by atoms with Crippen LogP contribution in [0.25, 0.3) is 11.2 Å². The number of fused-ring (bicyclic) bond motifs is 1. The Labute approximate surface area is 177 Å². The first-order valence-electron chi connectivity index (χ1n) is 9.35. The topological polar surface area (TPSA) is 178 Å². The fraction of sp³-hybridized carbons (Fsp3) is 0.500. The molecule has 0 saturated carbocycles. The molecule has 31 heavy (non-hydrogen) atoms. The maximum absolute atomic E-state index is 12.1. The van der Waals surface area contributed by atoms with E-state index in [2.05, 4.69) is 36.8 Å². The van der Waals surface area contributed by atoms with E-state index in [1.54, 1.807) is 6.92 Å². The Kier molecular flexibility index (Phi) is 6.54. The van der Waals surface area contributed by atoms with Crippen LogP contribution in [-0.4, -0.2) is 92.2 Å². The third-order valence-corrected chi connectivity index (χ3v) is 4.57. The quantitative estimate of drug-likeness (QED) is 0.403. The summed E-state index contributed by atoms with van der Waals surface area (Å²) in [5.41, 5.74) is 6.39. The van der Waals surface area contributed by atoms with Gasteiger partial charge in [-0.15, -0.1) is 0 Å². The summed E-state index contributed by atoms with van der Waals surface area (Å²) in [6.07, 6.45) is -4.47. The average Bonchev–Trinajstić information content (AvgIpc) is 3.29. The van der Waals surface area contributed by atoms with Gasteiger partial charge in [0.05, 0.1) is 20.0 Å². The predicted octanol–water partition coefficient (Wildman–Crippen LogP) is -1.79. The molecule has 3 heterocycles. The van der Waals surface area contributed by atoms with E-state index in [4.69, 9.17) is 10.5 Å². The molecular formula is C18H23N7O6. The van der Waals surface area contributed by atoms with Crippen LogP contribution in [-0.2, 0) is 14.3 Å². The molecule has 1 saturated heterocycles. The Balaban J connectivity index is 1.90. The van der Waals surface area contributed by atoms with E-state index in [1.807, 2.05) is 0 Å². The van der Waals surface area contributed by atoms with Gasteiger partial charge in [-0.2, -0.15) is 0 Å². The number of nitrogens with zero attached hydrogens (tertiary/aromatic N) is 5. The van der Waals surface area contributed by atoms with Gasteiger partial charge in [0, 0.05) is 13.6 Å². The summed E-state index contributed by atoms with van der Waals surface area (Å²) in [4.78, 5) is 37.3. The minimum atomic E-state index is -1.44. The van der Waals surface area contributed by atoms with E-state index in [9.17, 15) is 19.8 Å². The van der Waals surface area contributed by atoms with E-state index in [-0.39, 0.29) is 29.4 Å². The fourth-order valence-electron chi connectivity index (χ4n) is 3.02. The van der Waals surface area contributed by atoms with Crippen LogP contribution in [0.5, 0.6) is 0 Å². The first-order chi connectivity index (χ1) is 14.8. The molecule has 2 aromatic heterocycles. The molecule has 0 aromatic carbocycles. The summed E-state index contributed by atoms with van der Waals surface area (Å²) >= 11 is 0.